The Labute approximate surface area is 52.7 Å². The van der Waals surface area contributed by atoms with Gasteiger partial charge in [-0.25, -0.2) is 0 Å². The lowest BCUT2D eigenvalue weighted by molar-refractivity contribution is 0.268. The SMILES string of the molecule is N[C@@H](CO)c1cn[nH]c1. The fourth-order valence-corrected chi connectivity index (χ4v) is 0.569. The summed E-state index contributed by atoms with van der Waals surface area (Å²) in [6.45, 7) is -0.0421. The van der Waals surface area contributed by atoms with Crippen LogP contribution in [0.25, 0.3) is 0 Å². The van der Waals surface area contributed by atoms with Crippen molar-refractivity contribution in [3.05, 3.63) is 18.0 Å². The molecule has 1 heterocycles. The molecule has 0 unspecified atom stereocenters. The van der Waals surface area contributed by atoms with Gasteiger partial charge in [-0.05, 0) is 0 Å². The van der Waals surface area contributed by atoms with E-state index in [9.17, 15) is 0 Å². The molecule has 0 bridgehead atoms. The third-order valence-corrected chi connectivity index (χ3v) is 1.14. The zero-order valence-corrected chi connectivity index (χ0v) is 4.91. The normalized spacial score (nSPS) is 13.6. The number of aliphatic hydroxyl groups excluding tert-OH is 1. The minimum absolute atomic E-state index is 0.0421. The van der Waals surface area contributed by atoms with E-state index in [4.69, 9.17) is 10.8 Å². The monoisotopic (exact) mass is 127 g/mol. The molecule has 0 aliphatic rings. The summed E-state index contributed by atoms with van der Waals surface area (Å²) in [7, 11) is 0. The molecule has 1 rings (SSSR count). The second-order valence-corrected chi connectivity index (χ2v) is 1.82. The van der Waals surface area contributed by atoms with Gasteiger partial charge in [0.05, 0.1) is 18.8 Å². The van der Waals surface area contributed by atoms with Crippen LogP contribution < -0.4 is 5.73 Å². The van der Waals surface area contributed by atoms with Crippen molar-refractivity contribution in [3.63, 3.8) is 0 Å². The Morgan fingerprint density at radius 1 is 1.89 bits per heavy atom. The molecule has 1 aromatic heterocycles. The summed E-state index contributed by atoms with van der Waals surface area (Å²) in [5.74, 6) is 0. The van der Waals surface area contributed by atoms with Crippen molar-refractivity contribution in [1.82, 2.24) is 10.2 Å². The summed E-state index contributed by atoms with van der Waals surface area (Å²) in [4.78, 5) is 0. The van der Waals surface area contributed by atoms with Gasteiger partial charge in [-0.2, -0.15) is 5.10 Å². The van der Waals surface area contributed by atoms with E-state index in [0.29, 0.717) is 0 Å². The zero-order valence-electron chi connectivity index (χ0n) is 4.91. The maximum atomic E-state index is 8.54. The van der Waals surface area contributed by atoms with Crippen LogP contribution in [0.4, 0.5) is 0 Å². The minimum atomic E-state index is -0.302. The standard InChI is InChI=1S/C5H9N3O/c6-5(3-9)4-1-7-8-2-4/h1-2,5,9H,3,6H2,(H,7,8)/t5-/m0/s1. The van der Waals surface area contributed by atoms with Crippen molar-refractivity contribution in [3.8, 4) is 0 Å². The van der Waals surface area contributed by atoms with Crippen molar-refractivity contribution in [1.29, 1.82) is 0 Å². The van der Waals surface area contributed by atoms with Crippen LogP contribution in [0.5, 0.6) is 0 Å². The summed E-state index contributed by atoms with van der Waals surface area (Å²) < 4.78 is 0. The number of nitrogens with one attached hydrogen (secondary N) is 1. The largest absolute Gasteiger partial charge is 0.394 e. The molecule has 0 aliphatic carbocycles. The highest BCUT2D eigenvalue weighted by molar-refractivity contribution is 5.07. The van der Waals surface area contributed by atoms with Crippen molar-refractivity contribution >= 4 is 0 Å². The number of aromatic nitrogens is 2. The Morgan fingerprint density at radius 3 is 3.11 bits per heavy atom. The summed E-state index contributed by atoms with van der Waals surface area (Å²) in [6, 6.07) is -0.302. The summed E-state index contributed by atoms with van der Waals surface area (Å²) in [6.07, 6.45) is 3.27. The summed E-state index contributed by atoms with van der Waals surface area (Å²) in [5, 5.41) is 14.8. The molecule has 1 aromatic rings. The maximum Gasteiger partial charge on any atom is 0.0625 e. The highest BCUT2D eigenvalue weighted by Gasteiger charge is 2.02. The van der Waals surface area contributed by atoms with Gasteiger partial charge in [0.25, 0.3) is 0 Å². The van der Waals surface area contributed by atoms with Gasteiger partial charge >= 0.3 is 0 Å². The van der Waals surface area contributed by atoms with Crippen LogP contribution in [0.2, 0.25) is 0 Å². The lowest BCUT2D eigenvalue weighted by Crippen LogP contribution is -2.13. The second-order valence-electron chi connectivity index (χ2n) is 1.82. The Morgan fingerprint density at radius 2 is 2.67 bits per heavy atom. The minimum Gasteiger partial charge on any atom is -0.394 e. The second kappa shape index (κ2) is 2.61. The molecule has 4 N–H and O–H groups in total. The molecular formula is C5H9N3O. The van der Waals surface area contributed by atoms with Gasteiger partial charge in [-0.15, -0.1) is 0 Å². The number of rotatable bonds is 2. The molecule has 9 heavy (non-hydrogen) atoms. The smallest absolute Gasteiger partial charge is 0.0625 e. The van der Waals surface area contributed by atoms with E-state index < -0.39 is 0 Å². The molecule has 0 fully saturated rings. The van der Waals surface area contributed by atoms with E-state index in [0.717, 1.165) is 5.56 Å². The van der Waals surface area contributed by atoms with Crippen molar-refractivity contribution in [2.75, 3.05) is 6.61 Å². The first-order valence-electron chi connectivity index (χ1n) is 2.69. The van der Waals surface area contributed by atoms with Gasteiger partial charge in [-0.1, -0.05) is 0 Å². The predicted molar refractivity (Wildman–Crippen MR) is 32.6 cm³/mol. The molecular weight excluding hydrogens is 118 g/mol. The van der Waals surface area contributed by atoms with Gasteiger partial charge in [0, 0.05) is 11.8 Å². The van der Waals surface area contributed by atoms with Gasteiger partial charge in [0.2, 0.25) is 0 Å². The number of nitrogens with two attached hydrogens (primary N) is 1. The quantitative estimate of drug-likeness (QED) is 0.496. The number of H-pyrrole nitrogens is 1. The third-order valence-electron chi connectivity index (χ3n) is 1.14. The van der Waals surface area contributed by atoms with Crippen LogP contribution in [0.15, 0.2) is 12.4 Å². The van der Waals surface area contributed by atoms with Crippen molar-refractivity contribution in [2.45, 2.75) is 6.04 Å². The van der Waals surface area contributed by atoms with Gasteiger partial charge in [0.15, 0.2) is 0 Å². The molecule has 1 atom stereocenters. The van der Waals surface area contributed by atoms with Gasteiger partial charge in [-0.3, -0.25) is 5.10 Å². The van der Waals surface area contributed by atoms with E-state index in [2.05, 4.69) is 10.2 Å². The topological polar surface area (TPSA) is 74.9 Å². The van der Waals surface area contributed by atoms with Crippen LogP contribution in [0, 0.1) is 0 Å². The molecule has 50 valence electrons. The van der Waals surface area contributed by atoms with E-state index in [-0.39, 0.29) is 12.6 Å². The number of nitrogens with zero attached hydrogens (tertiary/aromatic N) is 1. The summed E-state index contributed by atoms with van der Waals surface area (Å²) in [5.41, 5.74) is 6.26. The Kier molecular flexibility index (Phi) is 1.81. The van der Waals surface area contributed by atoms with Crippen molar-refractivity contribution < 1.29 is 5.11 Å². The molecule has 0 radical (unpaired) electrons. The van der Waals surface area contributed by atoms with Crippen LogP contribution in [0.1, 0.15) is 11.6 Å². The lowest BCUT2D eigenvalue weighted by atomic mass is 10.2. The number of aromatic amines is 1. The molecule has 0 saturated heterocycles. The highest BCUT2D eigenvalue weighted by atomic mass is 16.3. The lowest BCUT2D eigenvalue weighted by Gasteiger charge is -2.01. The average Bonchev–Trinajstić information content (AvgIpc) is 2.37. The molecule has 4 nitrogen and oxygen atoms in total. The molecule has 0 aliphatic heterocycles. The van der Waals surface area contributed by atoms with E-state index in [1.54, 1.807) is 12.4 Å². The predicted octanol–water partition coefficient (Wildman–Crippen LogP) is -0.598. The Balaban J connectivity index is 2.65. The molecule has 0 amide bonds. The third kappa shape index (κ3) is 1.28. The zero-order chi connectivity index (χ0) is 6.69. The Bertz CT molecular complexity index is 161. The van der Waals surface area contributed by atoms with Crippen LogP contribution in [0.3, 0.4) is 0 Å². The number of hydrogen-bond acceptors (Lipinski definition) is 3. The average molecular weight is 127 g/mol. The molecule has 0 aromatic carbocycles. The van der Waals surface area contributed by atoms with E-state index >= 15 is 0 Å². The molecule has 0 saturated carbocycles. The maximum absolute atomic E-state index is 8.54. The van der Waals surface area contributed by atoms with Crippen LogP contribution >= 0.6 is 0 Å². The highest BCUT2D eigenvalue weighted by Crippen LogP contribution is 2.04. The van der Waals surface area contributed by atoms with E-state index in [1.807, 2.05) is 0 Å². The molecule has 4 heteroatoms. The van der Waals surface area contributed by atoms with Crippen LogP contribution in [-0.4, -0.2) is 21.9 Å². The van der Waals surface area contributed by atoms with Crippen molar-refractivity contribution in [2.24, 2.45) is 5.73 Å². The first-order chi connectivity index (χ1) is 4.34. The first kappa shape index (κ1) is 6.25. The summed E-state index contributed by atoms with van der Waals surface area (Å²) >= 11 is 0. The van der Waals surface area contributed by atoms with Gasteiger partial charge < -0.3 is 10.8 Å². The Hall–Kier alpha value is -0.870. The fourth-order valence-electron chi connectivity index (χ4n) is 0.569. The van der Waals surface area contributed by atoms with E-state index in [1.165, 1.54) is 0 Å². The van der Waals surface area contributed by atoms with Gasteiger partial charge in [0.1, 0.15) is 0 Å². The van der Waals surface area contributed by atoms with Crippen LogP contribution in [-0.2, 0) is 0 Å². The molecule has 0 spiro atoms. The number of aliphatic hydroxyl groups is 1. The fraction of sp³-hybridized carbons (Fsp3) is 0.400. The first-order valence-corrected chi connectivity index (χ1v) is 2.69. The number of hydrogen-bond donors (Lipinski definition) is 3.